The number of benzene rings is 1. The minimum absolute atomic E-state index is 0.153. The van der Waals surface area contributed by atoms with E-state index in [4.69, 9.17) is 5.73 Å². The quantitative estimate of drug-likeness (QED) is 0.874. The average Bonchev–Trinajstić information content (AvgIpc) is 2.24. The van der Waals surface area contributed by atoms with E-state index in [1.54, 1.807) is 0 Å². The molecule has 0 fully saturated rings. The lowest BCUT2D eigenvalue weighted by molar-refractivity contribution is 0.577. The molecule has 0 atom stereocenters. The minimum Gasteiger partial charge on any atom is -0.382 e. The van der Waals surface area contributed by atoms with Crippen LogP contribution in [0, 0.1) is 11.6 Å². The van der Waals surface area contributed by atoms with Crippen LogP contribution in [0.25, 0.3) is 0 Å². The second-order valence-electron chi connectivity index (χ2n) is 2.96. The third kappa shape index (κ3) is 2.46. The second-order valence-corrected chi connectivity index (χ2v) is 4.02. The minimum atomic E-state index is -0.504. The first kappa shape index (κ1) is 10.8. The van der Waals surface area contributed by atoms with E-state index in [-0.39, 0.29) is 10.7 Å². The molecule has 0 bridgehead atoms. The molecule has 0 aliphatic heterocycles. The highest BCUT2D eigenvalue weighted by molar-refractivity contribution is 7.99. The van der Waals surface area contributed by atoms with Crippen LogP contribution in [0.4, 0.5) is 14.6 Å². The number of hydrogen-bond acceptors (Lipinski definition) is 4. The maximum absolute atomic E-state index is 13.3. The van der Waals surface area contributed by atoms with Crippen molar-refractivity contribution in [1.29, 1.82) is 0 Å². The maximum Gasteiger partial charge on any atom is 0.143 e. The summed E-state index contributed by atoms with van der Waals surface area (Å²) in [5, 5.41) is 0.421. The smallest absolute Gasteiger partial charge is 0.143 e. The number of nitrogens with zero attached hydrogens (tertiary/aromatic N) is 2. The Morgan fingerprint density at radius 1 is 1.19 bits per heavy atom. The van der Waals surface area contributed by atoms with Gasteiger partial charge in [0.05, 0.1) is 17.3 Å². The predicted molar refractivity (Wildman–Crippen MR) is 56.9 cm³/mol. The molecule has 2 aromatic rings. The fraction of sp³-hybridized carbons (Fsp3) is 0. The van der Waals surface area contributed by atoms with Gasteiger partial charge in [-0.15, -0.1) is 0 Å². The van der Waals surface area contributed by atoms with Crippen molar-refractivity contribution in [2.75, 3.05) is 5.73 Å². The Bertz CT molecular complexity index is 519. The summed E-state index contributed by atoms with van der Waals surface area (Å²) in [5.74, 6) is -0.766. The first-order valence-corrected chi connectivity index (χ1v) is 5.17. The van der Waals surface area contributed by atoms with Crippen molar-refractivity contribution in [3.05, 3.63) is 42.2 Å². The van der Waals surface area contributed by atoms with Crippen molar-refractivity contribution in [2.24, 2.45) is 0 Å². The summed E-state index contributed by atoms with van der Waals surface area (Å²) in [7, 11) is 0. The van der Waals surface area contributed by atoms with Crippen LogP contribution in [0.1, 0.15) is 0 Å². The van der Waals surface area contributed by atoms with Gasteiger partial charge in [-0.05, 0) is 18.2 Å². The highest BCUT2D eigenvalue weighted by Gasteiger charge is 2.07. The van der Waals surface area contributed by atoms with Gasteiger partial charge in [-0.25, -0.2) is 13.8 Å². The molecule has 0 amide bonds. The van der Waals surface area contributed by atoms with Crippen LogP contribution in [-0.4, -0.2) is 9.97 Å². The van der Waals surface area contributed by atoms with Gasteiger partial charge in [0, 0.05) is 0 Å². The van der Waals surface area contributed by atoms with Crippen molar-refractivity contribution >= 4 is 17.6 Å². The molecule has 6 heteroatoms. The zero-order valence-corrected chi connectivity index (χ0v) is 8.84. The van der Waals surface area contributed by atoms with Crippen LogP contribution in [-0.2, 0) is 0 Å². The molecule has 82 valence electrons. The van der Waals surface area contributed by atoms with Gasteiger partial charge < -0.3 is 5.73 Å². The van der Waals surface area contributed by atoms with E-state index in [9.17, 15) is 8.78 Å². The van der Waals surface area contributed by atoms with Crippen LogP contribution in [0.2, 0.25) is 0 Å². The van der Waals surface area contributed by atoms with Crippen LogP contribution >= 0.6 is 11.8 Å². The number of anilines is 1. The van der Waals surface area contributed by atoms with Crippen molar-refractivity contribution in [3.8, 4) is 0 Å². The zero-order chi connectivity index (χ0) is 11.5. The third-order valence-corrected chi connectivity index (χ3v) is 2.68. The van der Waals surface area contributed by atoms with Crippen molar-refractivity contribution in [2.45, 2.75) is 9.92 Å². The molecule has 3 nitrogen and oxygen atoms in total. The van der Waals surface area contributed by atoms with E-state index in [0.717, 1.165) is 30.0 Å². The number of nitrogen functional groups attached to an aromatic ring is 1. The molecule has 1 heterocycles. The van der Waals surface area contributed by atoms with Crippen LogP contribution < -0.4 is 5.73 Å². The molecule has 2 rings (SSSR count). The summed E-state index contributed by atoms with van der Waals surface area (Å²) in [6.07, 6.45) is 2.82. The standard InChI is InChI=1S/C10H7F2N3S/c11-6-1-2-7(12)8(3-6)16-10-5-14-4-9(13)15-10/h1-5H,(H2,13,15). The lowest BCUT2D eigenvalue weighted by Crippen LogP contribution is -1.93. The van der Waals surface area contributed by atoms with Crippen LogP contribution in [0.15, 0.2) is 40.5 Å². The molecule has 2 N–H and O–H groups in total. The summed E-state index contributed by atoms with van der Waals surface area (Å²) in [5.41, 5.74) is 5.43. The van der Waals surface area contributed by atoms with Crippen LogP contribution in [0.3, 0.4) is 0 Å². The molecule has 0 unspecified atom stereocenters. The summed E-state index contributed by atoms with van der Waals surface area (Å²) < 4.78 is 26.2. The monoisotopic (exact) mass is 239 g/mol. The molecule has 0 saturated carbocycles. The lowest BCUT2D eigenvalue weighted by atomic mass is 10.3. The average molecular weight is 239 g/mol. The Kier molecular flexibility index (Phi) is 3.00. The summed E-state index contributed by atoms with van der Waals surface area (Å²) >= 11 is 0.974. The maximum atomic E-state index is 13.3. The first-order valence-electron chi connectivity index (χ1n) is 4.35. The zero-order valence-electron chi connectivity index (χ0n) is 8.02. The van der Waals surface area contributed by atoms with Crippen molar-refractivity contribution in [3.63, 3.8) is 0 Å². The predicted octanol–water partition coefficient (Wildman–Crippen LogP) is 2.49. The molecule has 16 heavy (non-hydrogen) atoms. The van der Waals surface area contributed by atoms with E-state index in [1.165, 1.54) is 12.4 Å². The summed E-state index contributed by atoms with van der Waals surface area (Å²) in [4.78, 5) is 7.89. The Morgan fingerprint density at radius 2 is 2.00 bits per heavy atom. The fourth-order valence-corrected chi connectivity index (χ4v) is 1.91. The molecule has 0 radical (unpaired) electrons. The van der Waals surface area contributed by atoms with E-state index in [0.29, 0.717) is 5.03 Å². The number of nitrogens with two attached hydrogens (primary N) is 1. The molecule has 1 aromatic carbocycles. The molecular formula is C10H7F2N3S. The van der Waals surface area contributed by atoms with Gasteiger partial charge >= 0.3 is 0 Å². The van der Waals surface area contributed by atoms with Gasteiger partial charge in [-0.3, -0.25) is 4.98 Å². The van der Waals surface area contributed by atoms with Crippen molar-refractivity contribution in [1.82, 2.24) is 9.97 Å². The Balaban J connectivity index is 2.30. The first-order chi connectivity index (χ1) is 7.65. The summed E-state index contributed by atoms with van der Waals surface area (Å²) in [6.45, 7) is 0. The highest BCUT2D eigenvalue weighted by atomic mass is 32.2. The van der Waals surface area contributed by atoms with E-state index < -0.39 is 11.6 Å². The molecule has 0 aliphatic carbocycles. The van der Waals surface area contributed by atoms with Crippen LogP contribution in [0.5, 0.6) is 0 Å². The van der Waals surface area contributed by atoms with E-state index in [2.05, 4.69) is 9.97 Å². The number of aromatic nitrogens is 2. The number of rotatable bonds is 2. The molecule has 0 aliphatic rings. The molecule has 0 saturated heterocycles. The highest BCUT2D eigenvalue weighted by Crippen LogP contribution is 2.28. The van der Waals surface area contributed by atoms with Gasteiger partial charge in [0.1, 0.15) is 22.5 Å². The topological polar surface area (TPSA) is 51.8 Å². The second kappa shape index (κ2) is 4.44. The summed E-state index contributed by atoms with van der Waals surface area (Å²) in [6, 6.07) is 3.23. The van der Waals surface area contributed by atoms with E-state index >= 15 is 0 Å². The SMILES string of the molecule is Nc1cncc(Sc2cc(F)ccc2F)n1. The van der Waals surface area contributed by atoms with Gasteiger partial charge in [0.2, 0.25) is 0 Å². The molecular weight excluding hydrogens is 232 g/mol. The Hall–Kier alpha value is -1.69. The van der Waals surface area contributed by atoms with Gasteiger partial charge in [-0.1, -0.05) is 11.8 Å². The number of hydrogen-bond donors (Lipinski definition) is 1. The Morgan fingerprint density at radius 3 is 2.75 bits per heavy atom. The van der Waals surface area contributed by atoms with E-state index in [1.807, 2.05) is 0 Å². The molecule has 0 spiro atoms. The van der Waals surface area contributed by atoms with Gasteiger partial charge in [0.25, 0.3) is 0 Å². The lowest BCUT2D eigenvalue weighted by Gasteiger charge is -2.02. The fourth-order valence-electron chi connectivity index (χ4n) is 1.08. The van der Waals surface area contributed by atoms with Crippen molar-refractivity contribution < 1.29 is 8.78 Å². The van der Waals surface area contributed by atoms with Gasteiger partial charge in [0.15, 0.2) is 0 Å². The largest absolute Gasteiger partial charge is 0.382 e. The molecule has 1 aromatic heterocycles. The van der Waals surface area contributed by atoms with Gasteiger partial charge in [-0.2, -0.15) is 0 Å². The normalized spacial score (nSPS) is 10.4. The third-order valence-electron chi connectivity index (χ3n) is 1.74. The Labute approximate surface area is 94.7 Å². The number of halogens is 2.